The zero-order valence-electron chi connectivity index (χ0n) is 19.4. The van der Waals surface area contributed by atoms with Gasteiger partial charge >= 0.3 is 0 Å². The number of ether oxygens (including phenoxy) is 1. The Bertz CT molecular complexity index is 1040. The highest BCUT2D eigenvalue weighted by atomic mass is 35.5. The van der Waals surface area contributed by atoms with Gasteiger partial charge in [0.1, 0.15) is 22.8 Å². The van der Waals surface area contributed by atoms with Crippen LogP contribution >= 0.6 is 11.6 Å². The number of amides is 1. The Morgan fingerprint density at radius 3 is 2.79 bits per heavy atom. The van der Waals surface area contributed by atoms with Gasteiger partial charge in [0.25, 0.3) is 5.91 Å². The maximum Gasteiger partial charge on any atom is 0.263 e. The van der Waals surface area contributed by atoms with E-state index in [4.69, 9.17) is 21.2 Å². The van der Waals surface area contributed by atoms with Crippen molar-refractivity contribution in [1.82, 2.24) is 14.8 Å². The first kappa shape index (κ1) is 24.6. The van der Waals surface area contributed by atoms with Crippen molar-refractivity contribution in [2.24, 2.45) is 5.16 Å². The highest BCUT2D eigenvalue weighted by Crippen LogP contribution is 2.30. The SMILES string of the molecule is C=CC/C(=N\OC(C)C=C)N1CCN(C(=O)C(C)Oc2cccc3c(Cl)nccc23)C(C)C1. The Morgan fingerprint density at radius 2 is 2.09 bits per heavy atom. The van der Waals surface area contributed by atoms with E-state index in [1.807, 2.05) is 43.0 Å². The minimum absolute atomic E-state index is 0.0182. The second kappa shape index (κ2) is 11.2. The normalized spacial score (nSPS) is 18.5. The van der Waals surface area contributed by atoms with E-state index in [1.165, 1.54) is 0 Å². The second-order valence-electron chi connectivity index (χ2n) is 8.09. The van der Waals surface area contributed by atoms with Gasteiger partial charge in [-0.05, 0) is 39.0 Å². The largest absolute Gasteiger partial charge is 0.480 e. The first-order chi connectivity index (χ1) is 15.8. The molecule has 0 aliphatic carbocycles. The maximum atomic E-state index is 13.2. The molecule has 3 atom stereocenters. The van der Waals surface area contributed by atoms with Crippen molar-refractivity contribution in [2.75, 3.05) is 19.6 Å². The molecule has 1 fully saturated rings. The minimum atomic E-state index is -0.644. The van der Waals surface area contributed by atoms with Crippen LogP contribution in [0.3, 0.4) is 0 Å². The lowest BCUT2D eigenvalue weighted by molar-refractivity contribution is -0.141. The zero-order valence-corrected chi connectivity index (χ0v) is 20.2. The summed E-state index contributed by atoms with van der Waals surface area (Å²) in [5.74, 6) is 1.35. The van der Waals surface area contributed by atoms with E-state index in [0.29, 0.717) is 37.0 Å². The molecule has 0 saturated carbocycles. The van der Waals surface area contributed by atoms with E-state index in [2.05, 4.69) is 28.2 Å². The van der Waals surface area contributed by atoms with Crippen LogP contribution in [-0.4, -0.2) is 64.4 Å². The van der Waals surface area contributed by atoms with Crippen LogP contribution in [0.1, 0.15) is 27.2 Å². The third-order valence-electron chi connectivity index (χ3n) is 5.63. The molecule has 0 spiro atoms. The van der Waals surface area contributed by atoms with Crippen LogP contribution in [-0.2, 0) is 9.63 Å². The number of rotatable bonds is 8. The molecule has 176 valence electrons. The average Bonchev–Trinajstić information content (AvgIpc) is 2.81. The fourth-order valence-corrected chi connectivity index (χ4v) is 4.00. The summed E-state index contributed by atoms with van der Waals surface area (Å²) in [5.41, 5.74) is 0. The van der Waals surface area contributed by atoms with Crippen LogP contribution in [0.25, 0.3) is 10.8 Å². The summed E-state index contributed by atoms with van der Waals surface area (Å²) >= 11 is 6.20. The molecule has 7 nitrogen and oxygen atoms in total. The Labute approximate surface area is 200 Å². The van der Waals surface area contributed by atoms with Crippen molar-refractivity contribution >= 4 is 34.1 Å². The summed E-state index contributed by atoms with van der Waals surface area (Å²) < 4.78 is 6.08. The van der Waals surface area contributed by atoms with Gasteiger partial charge in [-0.25, -0.2) is 4.98 Å². The Morgan fingerprint density at radius 1 is 1.30 bits per heavy atom. The van der Waals surface area contributed by atoms with E-state index in [1.54, 1.807) is 25.3 Å². The zero-order chi connectivity index (χ0) is 24.0. The number of piperazine rings is 1. The highest BCUT2D eigenvalue weighted by Gasteiger charge is 2.32. The van der Waals surface area contributed by atoms with Gasteiger partial charge in [0.2, 0.25) is 0 Å². The molecule has 1 aromatic carbocycles. The number of carbonyl (C=O) groups is 1. The van der Waals surface area contributed by atoms with Gasteiger partial charge in [-0.15, -0.1) is 6.58 Å². The fourth-order valence-electron chi connectivity index (χ4n) is 3.78. The summed E-state index contributed by atoms with van der Waals surface area (Å²) in [6, 6.07) is 7.39. The predicted octanol–water partition coefficient (Wildman–Crippen LogP) is 4.67. The molecule has 2 aromatic rings. The van der Waals surface area contributed by atoms with E-state index in [9.17, 15) is 4.79 Å². The summed E-state index contributed by atoms with van der Waals surface area (Å²) in [6.07, 6.45) is 4.88. The maximum absolute atomic E-state index is 13.2. The molecule has 0 radical (unpaired) electrons. The van der Waals surface area contributed by atoms with Gasteiger partial charge in [-0.3, -0.25) is 4.79 Å². The van der Waals surface area contributed by atoms with Gasteiger partial charge in [-0.1, -0.05) is 41.5 Å². The van der Waals surface area contributed by atoms with Crippen molar-refractivity contribution in [1.29, 1.82) is 0 Å². The van der Waals surface area contributed by atoms with Crippen molar-refractivity contribution in [3.05, 3.63) is 60.9 Å². The van der Waals surface area contributed by atoms with Crippen LogP contribution in [0.2, 0.25) is 5.15 Å². The van der Waals surface area contributed by atoms with E-state index < -0.39 is 6.10 Å². The van der Waals surface area contributed by atoms with Crippen LogP contribution in [0, 0.1) is 0 Å². The number of pyridine rings is 1. The number of nitrogens with zero attached hydrogens (tertiary/aromatic N) is 4. The van der Waals surface area contributed by atoms with Crippen LogP contribution in [0.15, 0.2) is 60.9 Å². The van der Waals surface area contributed by atoms with Gasteiger partial charge in [0, 0.05) is 49.1 Å². The first-order valence-corrected chi connectivity index (χ1v) is 11.4. The third kappa shape index (κ3) is 5.85. The molecule has 1 aromatic heterocycles. The average molecular weight is 471 g/mol. The quantitative estimate of drug-likeness (QED) is 0.184. The van der Waals surface area contributed by atoms with Crippen molar-refractivity contribution in [2.45, 2.75) is 45.4 Å². The summed E-state index contributed by atoms with van der Waals surface area (Å²) in [6.45, 7) is 15.1. The van der Waals surface area contributed by atoms with Crippen molar-refractivity contribution < 1.29 is 14.4 Å². The number of carbonyl (C=O) groups excluding carboxylic acids is 1. The molecule has 8 heteroatoms. The summed E-state index contributed by atoms with van der Waals surface area (Å²) in [4.78, 5) is 26.8. The molecule has 1 aliphatic rings. The third-order valence-corrected chi connectivity index (χ3v) is 5.93. The number of amidine groups is 1. The molecular weight excluding hydrogens is 440 g/mol. The molecule has 3 rings (SSSR count). The van der Waals surface area contributed by atoms with Crippen LogP contribution < -0.4 is 4.74 Å². The van der Waals surface area contributed by atoms with E-state index in [-0.39, 0.29) is 18.1 Å². The fraction of sp³-hybridized carbons (Fsp3) is 0.400. The first-order valence-electron chi connectivity index (χ1n) is 11.1. The van der Waals surface area contributed by atoms with Crippen LogP contribution in [0.5, 0.6) is 5.75 Å². The lowest BCUT2D eigenvalue weighted by Gasteiger charge is -2.41. The highest BCUT2D eigenvalue weighted by molar-refractivity contribution is 6.34. The van der Waals surface area contributed by atoms with Gasteiger partial charge in [0.05, 0.1) is 0 Å². The Kier molecular flexibility index (Phi) is 8.33. The molecule has 3 unspecified atom stereocenters. The molecule has 0 bridgehead atoms. The lowest BCUT2D eigenvalue weighted by atomic mass is 10.1. The van der Waals surface area contributed by atoms with Gasteiger partial charge in [-0.2, -0.15) is 0 Å². The number of halogens is 1. The Balaban J connectivity index is 1.67. The summed E-state index contributed by atoms with van der Waals surface area (Å²) in [5, 5.41) is 6.32. The van der Waals surface area contributed by atoms with E-state index in [0.717, 1.165) is 16.6 Å². The minimum Gasteiger partial charge on any atom is -0.480 e. The van der Waals surface area contributed by atoms with E-state index >= 15 is 0 Å². The van der Waals surface area contributed by atoms with Gasteiger partial charge in [0.15, 0.2) is 6.10 Å². The standard InChI is InChI=1S/C25H31ClN4O3/c1-6-9-23(28-33-18(4)7-2)29-14-15-30(17(3)16-29)25(31)19(5)32-22-11-8-10-21-20(22)12-13-27-24(21)26/h6-8,10-13,17-19H,1-2,9,14-16H2,3-5H3/b28-23+. The molecule has 0 N–H and O–H groups in total. The number of hydrogen-bond acceptors (Lipinski definition) is 5. The lowest BCUT2D eigenvalue weighted by Crippen LogP contribution is -2.57. The number of oxime groups is 1. The van der Waals surface area contributed by atoms with Crippen LogP contribution in [0.4, 0.5) is 0 Å². The molecule has 1 saturated heterocycles. The molecule has 33 heavy (non-hydrogen) atoms. The van der Waals surface area contributed by atoms with Crippen molar-refractivity contribution in [3.63, 3.8) is 0 Å². The summed E-state index contributed by atoms with van der Waals surface area (Å²) in [7, 11) is 0. The molecule has 1 aliphatic heterocycles. The van der Waals surface area contributed by atoms with Crippen molar-refractivity contribution in [3.8, 4) is 5.75 Å². The monoisotopic (exact) mass is 470 g/mol. The number of aromatic nitrogens is 1. The predicted molar refractivity (Wildman–Crippen MR) is 133 cm³/mol. The number of fused-ring (bicyclic) bond motifs is 1. The molecule has 2 heterocycles. The number of hydrogen-bond donors (Lipinski definition) is 0. The van der Waals surface area contributed by atoms with Gasteiger partial charge < -0.3 is 19.4 Å². The topological polar surface area (TPSA) is 67.3 Å². The molecule has 1 amide bonds. The Hall–Kier alpha value is -3.06. The molecular formula is C25H31ClN4O3. The smallest absolute Gasteiger partial charge is 0.263 e. The second-order valence-corrected chi connectivity index (χ2v) is 8.44. The number of benzene rings is 1.